The van der Waals surface area contributed by atoms with Crippen LogP contribution in [0.1, 0.15) is 68.2 Å². The summed E-state index contributed by atoms with van der Waals surface area (Å²) in [6.45, 7) is 20.4. The fourth-order valence-corrected chi connectivity index (χ4v) is 3.56. The van der Waals surface area contributed by atoms with Crippen molar-refractivity contribution in [2.45, 2.75) is 79.8 Å². The third-order valence-corrected chi connectivity index (χ3v) is 4.53. The van der Waals surface area contributed by atoms with E-state index in [0.717, 1.165) is 11.8 Å². The maximum absolute atomic E-state index is 2.74. The zero-order valence-corrected chi connectivity index (χ0v) is 13.3. The predicted octanol–water partition coefficient (Wildman–Crippen LogP) is 4.57. The minimum atomic E-state index is 0.293. The molecule has 0 N–H and O–H groups in total. The van der Waals surface area contributed by atoms with Crippen LogP contribution in [0, 0.1) is 17.3 Å². The Labute approximate surface area is 109 Å². The molecular formula is C16H33N. The Morgan fingerprint density at radius 3 is 1.82 bits per heavy atom. The van der Waals surface area contributed by atoms with E-state index in [4.69, 9.17) is 0 Å². The third kappa shape index (κ3) is 3.71. The van der Waals surface area contributed by atoms with E-state index in [-0.39, 0.29) is 0 Å². The molecule has 0 saturated carbocycles. The summed E-state index contributed by atoms with van der Waals surface area (Å²) in [6, 6.07) is 0.694. The Balaban J connectivity index is 2.97. The lowest BCUT2D eigenvalue weighted by molar-refractivity contribution is 0.0283. The molecule has 1 aliphatic rings. The summed E-state index contributed by atoms with van der Waals surface area (Å²) < 4.78 is 0. The van der Waals surface area contributed by atoms with E-state index in [1.807, 2.05) is 0 Å². The molecule has 3 unspecified atom stereocenters. The van der Waals surface area contributed by atoms with Gasteiger partial charge >= 0.3 is 0 Å². The van der Waals surface area contributed by atoms with Crippen molar-refractivity contribution in [1.82, 2.24) is 4.90 Å². The lowest BCUT2D eigenvalue weighted by Gasteiger charge is -2.46. The summed E-state index contributed by atoms with van der Waals surface area (Å²) in [4.78, 5) is 2.74. The lowest BCUT2D eigenvalue weighted by atomic mass is 9.73. The topological polar surface area (TPSA) is 3.24 Å². The van der Waals surface area contributed by atoms with Crippen LogP contribution < -0.4 is 0 Å². The standard InChI is InChI=1S/C16H33N/c1-12-9-10-14(15(3,4)5)13(2)17(11-12)16(6,7)8/h12-14H,9-11H2,1-8H3. The first-order valence-electron chi connectivity index (χ1n) is 7.30. The lowest BCUT2D eigenvalue weighted by Crippen LogP contribution is -2.52. The van der Waals surface area contributed by atoms with Crippen LogP contribution in [0.5, 0.6) is 0 Å². The molecule has 17 heavy (non-hydrogen) atoms. The normalized spacial score (nSPS) is 33.5. The highest BCUT2D eigenvalue weighted by atomic mass is 15.2. The van der Waals surface area contributed by atoms with E-state index >= 15 is 0 Å². The van der Waals surface area contributed by atoms with E-state index in [9.17, 15) is 0 Å². The first kappa shape index (κ1) is 15.0. The maximum Gasteiger partial charge on any atom is 0.0128 e. The van der Waals surface area contributed by atoms with Gasteiger partial charge in [-0.05, 0) is 57.8 Å². The van der Waals surface area contributed by atoms with Crippen molar-refractivity contribution < 1.29 is 0 Å². The van der Waals surface area contributed by atoms with E-state index in [1.54, 1.807) is 0 Å². The molecule has 0 aromatic heterocycles. The number of hydrogen-bond acceptors (Lipinski definition) is 1. The fraction of sp³-hybridized carbons (Fsp3) is 1.00. The average Bonchev–Trinajstić information content (AvgIpc) is 2.23. The Kier molecular flexibility index (Phi) is 4.34. The van der Waals surface area contributed by atoms with Crippen molar-refractivity contribution in [3.63, 3.8) is 0 Å². The molecule has 1 fully saturated rings. The molecule has 0 spiro atoms. The molecule has 0 bridgehead atoms. The van der Waals surface area contributed by atoms with Crippen LogP contribution in [-0.4, -0.2) is 23.0 Å². The van der Waals surface area contributed by atoms with Gasteiger partial charge in [0.2, 0.25) is 0 Å². The molecule has 0 aromatic carbocycles. The minimum absolute atomic E-state index is 0.293. The van der Waals surface area contributed by atoms with Crippen LogP contribution in [0.2, 0.25) is 0 Å². The number of likely N-dealkylation sites (tertiary alicyclic amines) is 1. The van der Waals surface area contributed by atoms with Gasteiger partial charge in [0.15, 0.2) is 0 Å². The molecule has 0 aromatic rings. The summed E-state index contributed by atoms with van der Waals surface area (Å²) in [5, 5.41) is 0. The minimum Gasteiger partial charge on any atom is -0.295 e. The monoisotopic (exact) mass is 239 g/mol. The molecule has 1 rings (SSSR count). The zero-order chi connectivity index (χ0) is 13.4. The number of hydrogen-bond donors (Lipinski definition) is 0. The third-order valence-electron chi connectivity index (χ3n) is 4.53. The van der Waals surface area contributed by atoms with Crippen LogP contribution in [0.4, 0.5) is 0 Å². The van der Waals surface area contributed by atoms with Crippen LogP contribution in [0.3, 0.4) is 0 Å². The molecule has 1 nitrogen and oxygen atoms in total. The van der Waals surface area contributed by atoms with E-state index in [2.05, 4.69) is 60.3 Å². The summed E-state index contributed by atoms with van der Waals surface area (Å²) >= 11 is 0. The predicted molar refractivity (Wildman–Crippen MR) is 77.3 cm³/mol. The van der Waals surface area contributed by atoms with Gasteiger partial charge in [-0.2, -0.15) is 0 Å². The number of nitrogens with zero attached hydrogens (tertiary/aromatic N) is 1. The van der Waals surface area contributed by atoms with Gasteiger partial charge in [0, 0.05) is 18.1 Å². The largest absolute Gasteiger partial charge is 0.295 e. The smallest absolute Gasteiger partial charge is 0.0128 e. The van der Waals surface area contributed by atoms with Gasteiger partial charge in [-0.3, -0.25) is 4.90 Å². The Bertz CT molecular complexity index is 243. The summed E-state index contributed by atoms with van der Waals surface area (Å²) in [7, 11) is 0. The molecule has 0 radical (unpaired) electrons. The quantitative estimate of drug-likeness (QED) is 0.598. The zero-order valence-electron chi connectivity index (χ0n) is 13.3. The van der Waals surface area contributed by atoms with Crippen LogP contribution in [0.25, 0.3) is 0 Å². The molecular weight excluding hydrogens is 206 g/mol. The van der Waals surface area contributed by atoms with E-state index < -0.39 is 0 Å². The molecule has 0 amide bonds. The highest BCUT2D eigenvalue weighted by Crippen LogP contribution is 2.40. The second kappa shape index (κ2) is 4.91. The second-order valence-electron chi connectivity index (χ2n) is 8.22. The van der Waals surface area contributed by atoms with Gasteiger partial charge in [-0.15, -0.1) is 0 Å². The van der Waals surface area contributed by atoms with E-state index in [1.165, 1.54) is 19.4 Å². The average molecular weight is 239 g/mol. The summed E-state index contributed by atoms with van der Waals surface area (Å²) in [6.07, 6.45) is 2.78. The van der Waals surface area contributed by atoms with Gasteiger partial charge in [0.1, 0.15) is 0 Å². The SMILES string of the molecule is CC1CCC(C(C)(C)C)C(C)N(C(C)(C)C)C1. The summed E-state index contributed by atoms with van der Waals surface area (Å²) in [5.74, 6) is 1.65. The Morgan fingerprint density at radius 1 is 0.882 bits per heavy atom. The molecule has 1 aliphatic heterocycles. The highest BCUT2D eigenvalue weighted by Gasteiger charge is 2.39. The van der Waals surface area contributed by atoms with Crippen LogP contribution >= 0.6 is 0 Å². The molecule has 0 aliphatic carbocycles. The second-order valence-corrected chi connectivity index (χ2v) is 8.22. The fourth-order valence-electron chi connectivity index (χ4n) is 3.56. The van der Waals surface area contributed by atoms with Crippen LogP contribution in [0.15, 0.2) is 0 Å². The van der Waals surface area contributed by atoms with Crippen molar-refractivity contribution in [2.75, 3.05) is 6.54 Å². The molecule has 1 heterocycles. The molecule has 3 atom stereocenters. The van der Waals surface area contributed by atoms with Gasteiger partial charge < -0.3 is 0 Å². The first-order valence-corrected chi connectivity index (χ1v) is 7.30. The summed E-state index contributed by atoms with van der Waals surface area (Å²) in [5.41, 5.74) is 0.717. The molecule has 1 heteroatoms. The van der Waals surface area contributed by atoms with E-state index in [0.29, 0.717) is 17.0 Å². The first-order chi connectivity index (χ1) is 7.53. The molecule has 1 saturated heterocycles. The van der Waals surface area contributed by atoms with Gasteiger partial charge in [-0.1, -0.05) is 27.7 Å². The van der Waals surface area contributed by atoms with Crippen molar-refractivity contribution in [3.05, 3.63) is 0 Å². The van der Waals surface area contributed by atoms with Crippen molar-refractivity contribution >= 4 is 0 Å². The van der Waals surface area contributed by atoms with Crippen molar-refractivity contribution in [2.24, 2.45) is 17.3 Å². The molecule has 102 valence electrons. The highest BCUT2D eigenvalue weighted by molar-refractivity contribution is 4.92. The number of rotatable bonds is 0. The van der Waals surface area contributed by atoms with Gasteiger partial charge in [0.05, 0.1) is 0 Å². The Morgan fingerprint density at radius 2 is 1.41 bits per heavy atom. The maximum atomic E-state index is 2.74. The Hall–Kier alpha value is -0.0400. The van der Waals surface area contributed by atoms with Crippen molar-refractivity contribution in [1.29, 1.82) is 0 Å². The van der Waals surface area contributed by atoms with Crippen LogP contribution in [-0.2, 0) is 0 Å². The van der Waals surface area contributed by atoms with Crippen molar-refractivity contribution in [3.8, 4) is 0 Å². The van der Waals surface area contributed by atoms with Gasteiger partial charge in [-0.25, -0.2) is 0 Å². The van der Waals surface area contributed by atoms with Gasteiger partial charge in [0.25, 0.3) is 0 Å².